The molecule has 0 bridgehead atoms. The molecule has 3 aromatic rings. The molecule has 0 spiro atoms. The van der Waals surface area contributed by atoms with Crippen LogP contribution in [-0.4, -0.2) is 21.2 Å². The Hall–Kier alpha value is -2.66. The van der Waals surface area contributed by atoms with Crippen molar-refractivity contribution in [2.24, 2.45) is 0 Å². The van der Waals surface area contributed by atoms with Crippen molar-refractivity contribution in [3.63, 3.8) is 0 Å². The van der Waals surface area contributed by atoms with E-state index in [0.29, 0.717) is 12.2 Å². The number of carbonyl (C=O) groups is 2. The maximum absolute atomic E-state index is 12.9. The van der Waals surface area contributed by atoms with Crippen LogP contribution in [0.2, 0.25) is 0 Å². The first-order valence-electron chi connectivity index (χ1n) is 7.43. The molecule has 23 heavy (non-hydrogen) atoms. The minimum absolute atomic E-state index is 0.0248. The molecule has 2 aliphatic heterocycles. The van der Waals surface area contributed by atoms with E-state index >= 15 is 0 Å². The number of hydrogen-bond acceptors (Lipinski definition) is 3. The van der Waals surface area contributed by atoms with Gasteiger partial charge in [-0.3, -0.25) is 9.59 Å². The smallest absolute Gasteiger partial charge is 0.256 e. The summed E-state index contributed by atoms with van der Waals surface area (Å²) in [6, 6.07) is 13.3. The second-order valence-corrected chi connectivity index (χ2v) is 6.71. The van der Waals surface area contributed by atoms with Gasteiger partial charge in [-0.05, 0) is 35.2 Å². The van der Waals surface area contributed by atoms with Crippen molar-refractivity contribution < 1.29 is 9.59 Å². The molecule has 1 amide bonds. The lowest BCUT2D eigenvalue weighted by atomic mass is 10.1. The molecule has 5 heteroatoms. The molecule has 0 saturated heterocycles. The van der Waals surface area contributed by atoms with Gasteiger partial charge in [-0.25, -0.2) is 0 Å². The third-order valence-corrected chi connectivity index (χ3v) is 5.55. The normalized spacial score (nSPS) is 18.8. The Bertz CT molecular complexity index is 969. The number of rotatable bonds is 0. The Morgan fingerprint density at radius 3 is 2.83 bits per heavy atom. The summed E-state index contributed by atoms with van der Waals surface area (Å²) in [6.45, 7) is 0.459. The van der Waals surface area contributed by atoms with Gasteiger partial charge in [0.15, 0.2) is 0 Å². The Balaban J connectivity index is 1.81. The Morgan fingerprint density at radius 1 is 1.04 bits per heavy atom. The molecule has 4 heterocycles. The van der Waals surface area contributed by atoms with Crippen LogP contribution in [0.1, 0.15) is 43.0 Å². The van der Waals surface area contributed by atoms with Gasteiger partial charge in [0.25, 0.3) is 5.91 Å². The zero-order chi connectivity index (χ0) is 15.6. The van der Waals surface area contributed by atoms with Gasteiger partial charge < -0.3 is 9.47 Å². The summed E-state index contributed by atoms with van der Waals surface area (Å²) in [6.07, 6.45) is 1.64. The third-order valence-electron chi connectivity index (χ3n) is 4.59. The highest BCUT2D eigenvalue weighted by Gasteiger charge is 2.40. The van der Waals surface area contributed by atoms with Crippen LogP contribution in [0.4, 0.5) is 0 Å². The number of carbonyl (C=O) groups excluding carboxylic acids is 2. The van der Waals surface area contributed by atoms with E-state index in [1.807, 2.05) is 63.5 Å². The topological polar surface area (TPSA) is 42.3 Å². The van der Waals surface area contributed by atoms with Crippen molar-refractivity contribution in [2.45, 2.75) is 12.7 Å². The van der Waals surface area contributed by atoms with Crippen LogP contribution in [0.5, 0.6) is 0 Å². The maximum Gasteiger partial charge on any atom is 0.256 e. The maximum atomic E-state index is 12.9. The van der Waals surface area contributed by atoms with Crippen molar-refractivity contribution in [1.29, 1.82) is 0 Å². The molecule has 1 atom stereocenters. The predicted octanol–water partition coefficient (Wildman–Crippen LogP) is 3.30. The van der Waals surface area contributed by atoms with Crippen molar-refractivity contribution in [3.8, 4) is 0 Å². The fourth-order valence-corrected chi connectivity index (χ4v) is 4.43. The molecule has 0 radical (unpaired) electrons. The molecule has 0 N–H and O–H groups in total. The average Bonchev–Trinajstić information content (AvgIpc) is 3.26. The van der Waals surface area contributed by atoms with Gasteiger partial charge in [0.05, 0.1) is 10.6 Å². The van der Waals surface area contributed by atoms with Crippen molar-refractivity contribution in [2.75, 3.05) is 0 Å². The van der Waals surface area contributed by atoms with E-state index in [0.717, 1.165) is 21.6 Å². The van der Waals surface area contributed by atoms with Crippen LogP contribution in [0.3, 0.4) is 0 Å². The molecule has 0 saturated carbocycles. The van der Waals surface area contributed by atoms with E-state index in [9.17, 15) is 9.59 Å². The second kappa shape index (κ2) is 4.43. The molecule has 2 aromatic heterocycles. The van der Waals surface area contributed by atoms with E-state index in [4.69, 9.17) is 0 Å². The monoisotopic (exact) mass is 320 g/mol. The third kappa shape index (κ3) is 1.60. The summed E-state index contributed by atoms with van der Waals surface area (Å²) in [4.78, 5) is 28.3. The van der Waals surface area contributed by atoms with Crippen LogP contribution < -0.4 is 0 Å². The average molecular weight is 320 g/mol. The van der Waals surface area contributed by atoms with Crippen LogP contribution in [0.25, 0.3) is 0 Å². The quantitative estimate of drug-likeness (QED) is 0.638. The fourth-order valence-electron chi connectivity index (χ4n) is 3.57. The van der Waals surface area contributed by atoms with Gasteiger partial charge in [0.1, 0.15) is 6.17 Å². The molecule has 112 valence electrons. The van der Waals surface area contributed by atoms with Gasteiger partial charge >= 0.3 is 0 Å². The summed E-state index contributed by atoms with van der Waals surface area (Å²) >= 11 is 1.44. The lowest BCUT2D eigenvalue weighted by molar-refractivity contribution is 0.0671. The Labute approximate surface area is 136 Å². The van der Waals surface area contributed by atoms with Gasteiger partial charge in [-0.1, -0.05) is 18.2 Å². The van der Waals surface area contributed by atoms with Crippen LogP contribution in [0, 0.1) is 0 Å². The van der Waals surface area contributed by atoms with Crippen molar-refractivity contribution >= 4 is 23.0 Å². The summed E-state index contributed by atoms with van der Waals surface area (Å²) in [7, 11) is 0. The number of fused-ring (bicyclic) bond motifs is 6. The molecule has 2 aliphatic rings. The molecule has 4 nitrogen and oxygen atoms in total. The van der Waals surface area contributed by atoms with Gasteiger partial charge in [-0.2, -0.15) is 0 Å². The van der Waals surface area contributed by atoms with E-state index in [1.54, 1.807) is 0 Å². The molecule has 0 fully saturated rings. The highest BCUT2D eigenvalue weighted by Crippen LogP contribution is 2.39. The first-order chi connectivity index (χ1) is 11.3. The second-order valence-electron chi connectivity index (χ2n) is 5.80. The molecule has 5 rings (SSSR count). The number of thiophene rings is 1. The standard InChI is InChI=1S/C18H12N2O2S/c21-15-14-6-3-8-19(14)17-12-4-1-2-5-13(12)18(22)20(17)10-11-7-9-23-16(11)15/h1-9,17H,10H2. The molecule has 0 aliphatic carbocycles. The molecular weight excluding hydrogens is 308 g/mol. The largest absolute Gasteiger partial charge is 0.319 e. The van der Waals surface area contributed by atoms with Gasteiger partial charge in [-0.15, -0.1) is 11.3 Å². The summed E-state index contributed by atoms with van der Waals surface area (Å²) < 4.78 is 1.93. The molecule has 1 unspecified atom stereocenters. The minimum atomic E-state index is -0.249. The zero-order valence-electron chi connectivity index (χ0n) is 12.1. The SMILES string of the molecule is O=C1c2sccc2CN2C(=O)c3ccccc3C2n2cccc21. The van der Waals surface area contributed by atoms with Crippen molar-refractivity contribution in [3.05, 3.63) is 81.3 Å². The van der Waals surface area contributed by atoms with Crippen molar-refractivity contribution in [1.82, 2.24) is 9.47 Å². The number of amides is 1. The zero-order valence-corrected chi connectivity index (χ0v) is 12.9. The lowest BCUT2D eigenvalue weighted by Crippen LogP contribution is -2.34. The van der Waals surface area contributed by atoms with E-state index < -0.39 is 0 Å². The number of aromatic nitrogens is 1. The first-order valence-corrected chi connectivity index (χ1v) is 8.31. The minimum Gasteiger partial charge on any atom is -0.319 e. The number of ketones is 1. The van der Waals surface area contributed by atoms with E-state index in [1.165, 1.54) is 11.3 Å². The fraction of sp³-hybridized carbons (Fsp3) is 0.111. The molecular formula is C18H12N2O2S. The number of benzene rings is 1. The van der Waals surface area contributed by atoms with E-state index in [-0.39, 0.29) is 17.9 Å². The van der Waals surface area contributed by atoms with Crippen LogP contribution in [-0.2, 0) is 6.54 Å². The van der Waals surface area contributed by atoms with Gasteiger partial charge in [0, 0.05) is 23.9 Å². The first kappa shape index (κ1) is 12.8. The lowest BCUT2D eigenvalue weighted by Gasteiger charge is -2.30. The van der Waals surface area contributed by atoms with Gasteiger partial charge in [0.2, 0.25) is 5.78 Å². The summed E-state index contributed by atoms with van der Waals surface area (Å²) in [5, 5.41) is 1.92. The number of nitrogens with zero attached hydrogens (tertiary/aromatic N) is 2. The summed E-state index contributed by atoms with van der Waals surface area (Å²) in [5.41, 5.74) is 3.25. The Morgan fingerprint density at radius 2 is 1.91 bits per heavy atom. The van der Waals surface area contributed by atoms with Crippen LogP contribution >= 0.6 is 11.3 Å². The predicted molar refractivity (Wildman–Crippen MR) is 86.6 cm³/mol. The van der Waals surface area contributed by atoms with E-state index in [2.05, 4.69) is 0 Å². The Kier molecular flexibility index (Phi) is 2.47. The molecule has 1 aromatic carbocycles. The van der Waals surface area contributed by atoms with Crippen LogP contribution in [0.15, 0.2) is 54.0 Å². The highest BCUT2D eigenvalue weighted by atomic mass is 32.1. The number of hydrogen-bond donors (Lipinski definition) is 0. The highest BCUT2D eigenvalue weighted by molar-refractivity contribution is 7.12. The summed E-state index contributed by atoms with van der Waals surface area (Å²) in [5.74, 6) is 0.0632.